The summed E-state index contributed by atoms with van der Waals surface area (Å²) in [5.41, 5.74) is 1.56. The van der Waals surface area contributed by atoms with Gasteiger partial charge in [-0.05, 0) is 49.8 Å². The summed E-state index contributed by atoms with van der Waals surface area (Å²) in [6.07, 6.45) is 1.26. The van der Waals surface area contributed by atoms with Crippen LogP contribution in [0.25, 0.3) is 10.9 Å². The maximum Gasteiger partial charge on any atom is 0.295 e. The van der Waals surface area contributed by atoms with E-state index < -0.39 is 0 Å². The van der Waals surface area contributed by atoms with E-state index in [0.717, 1.165) is 18.7 Å². The van der Waals surface area contributed by atoms with E-state index >= 15 is 0 Å². The molecule has 1 aromatic heterocycles. The van der Waals surface area contributed by atoms with Gasteiger partial charge in [0.05, 0.1) is 10.9 Å². The van der Waals surface area contributed by atoms with Crippen molar-refractivity contribution in [3.63, 3.8) is 0 Å². The van der Waals surface area contributed by atoms with Crippen molar-refractivity contribution < 1.29 is 9.63 Å². The minimum absolute atomic E-state index is 0.0871. The Kier molecular flexibility index (Phi) is 2.98. The summed E-state index contributed by atoms with van der Waals surface area (Å²) in [7, 11) is 1.47. The van der Waals surface area contributed by atoms with Crippen molar-refractivity contribution in [2.75, 3.05) is 25.1 Å². The lowest BCUT2D eigenvalue weighted by Gasteiger charge is -2.22. The lowest BCUT2D eigenvalue weighted by atomic mass is 10.0. The Morgan fingerprint density at radius 2 is 2.00 bits per heavy atom. The molecule has 2 atom stereocenters. The number of anilines is 1. The predicted molar refractivity (Wildman–Crippen MR) is 87.1 cm³/mol. The molecule has 1 saturated carbocycles. The Bertz CT molecular complexity index is 877. The van der Waals surface area contributed by atoms with Gasteiger partial charge in [0.15, 0.2) is 5.78 Å². The van der Waals surface area contributed by atoms with Gasteiger partial charge in [-0.2, -0.15) is 0 Å². The third-order valence-corrected chi connectivity index (χ3v) is 4.89. The summed E-state index contributed by atoms with van der Waals surface area (Å²) >= 11 is 0. The molecule has 23 heavy (non-hydrogen) atoms. The predicted octanol–water partition coefficient (Wildman–Crippen LogP) is 1.42. The number of benzene rings is 1. The molecule has 120 valence electrons. The Labute approximate surface area is 133 Å². The Hall–Kier alpha value is -2.37. The number of Topliss-reactive ketones (excluding diaryl/α,β-unsaturated/α-hetero) is 1. The van der Waals surface area contributed by atoms with E-state index in [1.54, 1.807) is 12.1 Å². The average Bonchev–Trinajstić information content (AvgIpc) is 3.13. The molecule has 6 nitrogen and oxygen atoms in total. The zero-order valence-corrected chi connectivity index (χ0v) is 13.5. The minimum atomic E-state index is -0.265. The number of rotatable bonds is 3. The fourth-order valence-corrected chi connectivity index (χ4v) is 3.60. The van der Waals surface area contributed by atoms with Gasteiger partial charge >= 0.3 is 0 Å². The van der Waals surface area contributed by atoms with Crippen LogP contribution in [0, 0.1) is 18.8 Å². The second-order valence-corrected chi connectivity index (χ2v) is 6.62. The largest absolute Gasteiger partial charge is 0.411 e. The number of fused-ring (bicyclic) bond motifs is 2. The Balaban J connectivity index is 1.99. The summed E-state index contributed by atoms with van der Waals surface area (Å²) < 4.78 is 1.25. The molecule has 1 saturated heterocycles. The molecule has 4 rings (SSSR count). The smallest absolute Gasteiger partial charge is 0.295 e. The van der Waals surface area contributed by atoms with Gasteiger partial charge in [0, 0.05) is 18.7 Å². The van der Waals surface area contributed by atoms with E-state index in [1.807, 2.05) is 6.92 Å². The number of hydrogen-bond donors (Lipinski definition) is 0. The molecule has 0 bridgehead atoms. The van der Waals surface area contributed by atoms with Gasteiger partial charge in [0.2, 0.25) is 5.95 Å². The second kappa shape index (κ2) is 4.81. The third-order valence-electron chi connectivity index (χ3n) is 4.89. The first-order valence-corrected chi connectivity index (χ1v) is 7.87. The summed E-state index contributed by atoms with van der Waals surface area (Å²) in [5.74, 6) is 1.83. The molecule has 0 spiro atoms. The first-order chi connectivity index (χ1) is 11.0. The van der Waals surface area contributed by atoms with Crippen LogP contribution in [0.3, 0.4) is 0 Å². The maximum absolute atomic E-state index is 12.8. The van der Waals surface area contributed by atoms with Crippen LogP contribution in [-0.2, 0) is 0 Å². The molecule has 1 aliphatic heterocycles. The van der Waals surface area contributed by atoms with Gasteiger partial charge in [0.25, 0.3) is 5.56 Å². The lowest BCUT2D eigenvalue weighted by Crippen LogP contribution is -2.35. The maximum atomic E-state index is 12.8. The van der Waals surface area contributed by atoms with Crippen molar-refractivity contribution in [1.82, 2.24) is 9.71 Å². The first-order valence-electron chi connectivity index (χ1n) is 7.87. The number of nitrogens with zero attached hydrogens (tertiary/aromatic N) is 3. The van der Waals surface area contributed by atoms with Gasteiger partial charge < -0.3 is 9.74 Å². The molecular weight excluding hydrogens is 294 g/mol. The highest BCUT2D eigenvalue weighted by atomic mass is 16.7. The van der Waals surface area contributed by atoms with Gasteiger partial charge in [0.1, 0.15) is 7.11 Å². The van der Waals surface area contributed by atoms with Crippen LogP contribution in [0.4, 0.5) is 5.95 Å². The Morgan fingerprint density at radius 3 is 2.61 bits per heavy atom. The van der Waals surface area contributed by atoms with E-state index in [1.165, 1.54) is 25.2 Å². The van der Waals surface area contributed by atoms with Gasteiger partial charge in [-0.15, -0.1) is 4.73 Å². The highest BCUT2D eigenvalue weighted by Crippen LogP contribution is 2.45. The quantitative estimate of drug-likeness (QED) is 0.802. The molecule has 0 amide bonds. The average molecular weight is 313 g/mol. The van der Waals surface area contributed by atoms with Gasteiger partial charge in [-0.1, -0.05) is 0 Å². The molecule has 0 N–H and O–H groups in total. The first kappa shape index (κ1) is 14.2. The molecule has 2 unspecified atom stereocenters. The van der Waals surface area contributed by atoms with E-state index in [-0.39, 0.29) is 11.3 Å². The standard InChI is InChI=1S/C17H19N3O3/c1-9-4-13(10(2)21)15-14(5-9)16(22)20(23-3)17(18-15)19-7-11-6-12(11)8-19/h4-5,11-12H,6-8H2,1-3H3. The highest BCUT2D eigenvalue weighted by Gasteiger charge is 2.46. The van der Waals surface area contributed by atoms with Crippen LogP contribution < -0.4 is 15.3 Å². The van der Waals surface area contributed by atoms with Gasteiger partial charge in [-0.25, -0.2) is 4.98 Å². The lowest BCUT2D eigenvalue weighted by molar-refractivity contribution is 0.101. The molecule has 1 aromatic carbocycles. The third kappa shape index (κ3) is 2.12. The number of aryl methyl sites for hydroxylation is 1. The van der Waals surface area contributed by atoms with Crippen LogP contribution in [-0.4, -0.2) is 35.7 Å². The monoisotopic (exact) mass is 313 g/mol. The normalized spacial score (nSPS) is 22.3. The summed E-state index contributed by atoms with van der Waals surface area (Å²) in [6, 6.07) is 3.55. The van der Waals surface area contributed by atoms with E-state index in [4.69, 9.17) is 4.84 Å². The zero-order chi connectivity index (χ0) is 16.3. The fraction of sp³-hybridized carbons (Fsp3) is 0.471. The minimum Gasteiger partial charge on any atom is -0.411 e. The molecule has 2 aromatic rings. The van der Waals surface area contributed by atoms with E-state index in [9.17, 15) is 9.59 Å². The van der Waals surface area contributed by atoms with Crippen molar-refractivity contribution in [3.8, 4) is 0 Å². The summed E-state index contributed by atoms with van der Waals surface area (Å²) in [5, 5.41) is 0.421. The summed E-state index contributed by atoms with van der Waals surface area (Å²) in [6.45, 7) is 5.16. The number of aromatic nitrogens is 2. The second-order valence-electron chi connectivity index (χ2n) is 6.62. The number of hydrogen-bond acceptors (Lipinski definition) is 5. The molecule has 0 radical (unpaired) electrons. The van der Waals surface area contributed by atoms with Crippen molar-refractivity contribution >= 4 is 22.6 Å². The molecule has 1 aliphatic carbocycles. The van der Waals surface area contributed by atoms with Crippen LogP contribution in [0.1, 0.15) is 29.3 Å². The van der Waals surface area contributed by atoms with Crippen molar-refractivity contribution in [1.29, 1.82) is 0 Å². The number of carbonyl (C=O) groups is 1. The van der Waals surface area contributed by atoms with Crippen LogP contribution in [0.2, 0.25) is 0 Å². The van der Waals surface area contributed by atoms with Crippen molar-refractivity contribution in [2.45, 2.75) is 20.3 Å². The number of piperidine rings is 1. The number of carbonyl (C=O) groups excluding carboxylic acids is 1. The molecule has 2 fully saturated rings. The van der Waals surface area contributed by atoms with Crippen LogP contribution in [0.15, 0.2) is 16.9 Å². The van der Waals surface area contributed by atoms with Gasteiger partial charge in [-0.3, -0.25) is 9.59 Å². The molecule has 6 heteroatoms. The van der Waals surface area contributed by atoms with E-state index in [0.29, 0.717) is 34.3 Å². The zero-order valence-electron chi connectivity index (χ0n) is 13.5. The molecule has 2 aliphatic rings. The number of ketones is 1. The Morgan fingerprint density at radius 1 is 1.30 bits per heavy atom. The topological polar surface area (TPSA) is 64.4 Å². The van der Waals surface area contributed by atoms with Crippen molar-refractivity contribution in [3.05, 3.63) is 33.6 Å². The van der Waals surface area contributed by atoms with E-state index in [2.05, 4.69) is 9.88 Å². The molecular formula is C17H19N3O3. The SMILES string of the molecule is COn1c(N2CC3CC3C2)nc2c(C(C)=O)cc(C)cc2c1=O. The van der Waals surface area contributed by atoms with Crippen LogP contribution in [0.5, 0.6) is 0 Å². The summed E-state index contributed by atoms with van der Waals surface area (Å²) in [4.78, 5) is 36.8. The fourth-order valence-electron chi connectivity index (χ4n) is 3.60. The van der Waals surface area contributed by atoms with Crippen LogP contribution >= 0.6 is 0 Å². The van der Waals surface area contributed by atoms with Crippen molar-refractivity contribution in [2.24, 2.45) is 11.8 Å². The molecule has 2 heterocycles. The highest BCUT2D eigenvalue weighted by molar-refractivity contribution is 6.05.